The highest BCUT2D eigenvalue weighted by Crippen LogP contribution is 2.27. The third-order valence-corrected chi connectivity index (χ3v) is 3.99. The lowest BCUT2D eigenvalue weighted by Gasteiger charge is -2.31. The predicted molar refractivity (Wildman–Crippen MR) is 78.8 cm³/mol. The van der Waals surface area contributed by atoms with Gasteiger partial charge in [0.1, 0.15) is 11.5 Å². The largest absolute Gasteiger partial charge is 0.497 e. The third kappa shape index (κ3) is 3.12. The summed E-state index contributed by atoms with van der Waals surface area (Å²) in [5, 5.41) is 0. The number of likely N-dealkylation sites (tertiary alicyclic amines) is 1. The molecule has 0 aromatic heterocycles. The number of rotatable bonds is 5. The molecule has 20 heavy (non-hydrogen) atoms. The Hall–Kier alpha value is -1.55. The lowest BCUT2D eigenvalue weighted by molar-refractivity contribution is 0.0805. The first-order chi connectivity index (χ1) is 9.67. The molecule has 0 aliphatic carbocycles. The van der Waals surface area contributed by atoms with Crippen LogP contribution in [0.25, 0.3) is 0 Å². The zero-order valence-corrected chi connectivity index (χ0v) is 12.5. The summed E-state index contributed by atoms with van der Waals surface area (Å²) in [5.41, 5.74) is 0.631. The monoisotopic (exact) mass is 277 g/mol. The summed E-state index contributed by atoms with van der Waals surface area (Å²) in [5.74, 6) is 1.40. The Balaban J connectivity index is 2.19. The minimum atomic E-state index is -0.0994. The summed E-state index contributed by atoms with van der Waals surface area (Å²) in [6.45, 7) is 3.99. The molecule has 1 unspecified atom stereocenters. The maximum absolute atomic E-state index is 12.7. The molecule has 1 aromatic rings. The van der Waals surface area contributed by atoms with Gasteiger partial charge in [0, 0.05) is 6.07 Å². The second-order valence-electron chi connectivity index (χ2n) is 5.20. The Labute approximate surface area is 120 Å². The van der Waals surface area contributed by atoms with E-state index in [1.165, 1.54) is 19.3 Å². The molecule has 4 heteroatoms. The first kappa shape index (κ1) is 14.9. The molecule has 1 heterocycles. The number of methoxy groups -OCH3 is 2. The van der Waals surface area contributed by atoms with Crippen LogP contribution in [0.5, 0.6) is 11.5 Å². The normalized spacial score (nSPS) is 17.6. The van der Waals surface area contributed by atoms with Crippen LogP contribution in [0.1, 0.15) is 36.5 Å². The van der Waals surface area contributed by atoms with E-state index in [4.69, 9.17) is 9.47 Å². The van der Waals surface area contributed by atoms with E-state index in [0.29, 0.717) is 17.1 Å². The third-order valence-electron chi connectivity index (χ3n) is 3.99. The number of carbonyl (C=O) groups is 1. The van der Waals surface area contributed by atoms with Gasteiger partial charge in [-0.05, 0) is 45.0 Å². The molecule has 1 aliphatic heterocycles. The zero-order valence-electron chi connectivity index (χ0n) is 12.5. The number of hydrogen-bond donors (Lipinski definition) is 0. The molecule has 1 aliphatic rings. The molecule has 110 valence electrons. The average molecular weight is 277 g/mol. The summed E-state index contributed by atoms with van der Waals surface area (Å²) in [6.07, 6.45) is 3.62. The summed E-state index contributed by atoms with van der Waals surface area (Å²) in [7, 11) is 3.18. The van der Waals surface area contributed by atoms with Crippen molar-refractivity contribution in [3.05, 3.63) is 23.8 Å². The molecule has 0 amide bonds. The van der Waals surface area contributed by atoms with E-state index in [-0.39, 0.29) is 11.8 Å². The van der Waals surface area contributed by atoms with Crippen LogP contribution in [0.2, 0.25) is 0 Å². The Morgan fingerprint density at radius 3 is 2.45 bits per heavy atom. The van der Waals surface area contributed by atoms with E-state index in [9.17, 15) is 4.79 Å². The van der Waals surface area contributed by atoms with Crippen LogP contribution in [0, 0.1) is 0 Å². The number of Topliss-reactive ketones (excluding diaryl/α,β-unsaturated/α-hetero) is 1. The van der Waals surface area contributed by atoms with Crippen molar-refractivity contribution in [2.45, 2.75) is 32.2 Å². The highest BCUT2D eigenvalue weighted by Gasteiger charge is 2.26. The molecule has 4 nitrogen and oxygen atoms in total. The fraction of sp³-hybridized carbons (Fsp3) is 0.562. The van der Waals surface area contributed by atoms with Crippen molar-refractivity contribution in [2.75, 3.05) is 27.3 Å². The van der Waals surface area contributed by atoms with Crippen LogP contribution in [-0.2, 0) is 0 Å². The van der Waals surface area contributed by atoms with Gasteiger partial charge in [-0.1, -0.05) is 6.42 Å². The first-order valence-corrected chi connectivity index (χ1v) is 7.17. The van der Waals surface area contributed by atoms with Crippen molar-refractivity contribution in [3.63, 3.8) is 0 Å². The van der Waals surface area contributed by atoms with Gasteiger partial charge in [-0.15, -0.1) is 0 Å². The van der Waals surface area contributed by atoms with E-state index in [1.54, 1.807) is 32.4 Å². The van der Waals surface area contributed by atoms with Crippen molar-refractivity contribution < 1.29 is 14.3 Å². The van der Waals surface area contributed by atoms with Crippen LogP contribution in [0.15, 0.2) is 18.2 Å². The van der Waals surface area contributed by atoms with Gasteiger partial charge in [-0.2, -0.15) is 0 Å². The van der Waals surface area contributed by atoms with Crippen molar-refractivity contribution in [1.82, 2.24) is 4.90 Å². The number of piperidine rings is 1. The van der Waals surface area contributed by atoms with Gasteiger partial charge in [0.2, 0.25) is 0 Å². The number of ether oxygens (including phenoxy) is 2. The fourth-order valence-electron chi connectivity index (χ4n) is 2.70. The Bertz CT molecular complexity index is 467. The van der Waals surface area contributed by atoms with Crippen LogP contribution in [0.3, 0.4) is 0 Å². The Morgan fingerprint density at radius 1 is 1.15 bits per heavy atom. The average Bonchev–Trinajstić information content (AvgIpc) is 2.53. The van der Waals surface area contributed by atoms with Gasteiger partial charge in [0.25, 0.3) is 0 Å². The van der Waals surface area contributed by atoms with E-state index < -0.39 is 0 Å². The Morgan fingerprint density at radius 2 is 1.85 bits per heavy atom. The van der Waals surface area contributed by atoms with Crippen LogP contribution in [-0.4, -0.2) is 44.0 Å². The van der Waals surface area contributed by atoms with Crippen molar-refractivity contribution in [2.24, 2.45) is 0 Å². The molecular formula is C16H23NO3. The second-order valence-corrected chi connectivity index (χ2v) is 5.20. The van der Waals surface area contributed by atoms with Crippen LogP contribution < -0.4 is 9.47 Å². The van der Waals surface area contributed by atoms with Crippen molar-refractivity contribution in [3.8, 4) is 11.5 Å². The molecule has 1 atom stereocenters. The maximum atomic E-state index is 12.7. The lowest BCUT2D eigenvalue weighted by Crippen LogP contribution is -2.42. The van der Waals surface area contributed by atoms with Crippen LogP contribution in [0.4, 0.5) is 0 Å². The van der Waals surface area contributed by atoms with Gasteiger partial charge >= 0.3 is 0 Å². The standard InChI is InChI=1S/C16H23NO3/c1-12(17-9-5-4-6-10-17)16(18)14-8-7-13(19-2)11-15(14)20-3/h7-8,11-12H,4-6,9-10H2,1-3H3. The number of carbonyl (C=O) groups excluding carboxylic acids is 1. The topological polar surface area (TPSA) is 38.8 Å². The molecule has 1 aromatic carbocycles. The molecule has 0 bridgehead atoms. The summed E-state index contributed by atoms with van der Waals surface area (Å²) in [6, 6.07) is 5.26. The predicted octanol–water partition coefficient (Wildman–Crippen LogP) is 2.76. The summed E-state index contributed by atoms with van der Waals surface area (Å²) >= 11 is 0. The molecule has 2 rings (SSSR count). The molecular weight excluding hydrogens is 254 g/mol. The molecule has 1 saturated heterocycles. The fourth-order valence-corrected chi connectivity index (χ4v) is 2.70. The molecule has 0 radical (unpaired) electrons. The minimum Gasteiger partial charge on any atom is -0.497 e. The number of ketones is 1. The van der Waals surface area contributed by atoms with Gasteiger partial charge < -0.3 is 9.47 Å². The van der Waals surface area contributed by atoms with E-state index >= 15 is 0 Å². The quantitative estimate of drug-likeness (QED) is 0.776. The molecule has 0 saturated carbocycles. The van der Waals surface area contributed by atoms with Crippen LogP contribution >= 0.6 is 0 Å². The second kappa shape index (κ2) is 6.75. The molecule has 0 N–H and O–H groups in total. The number of benzene rings is 1. The minimum absolute atomic E-state index is 0.0994. The molecule has 1 fully saturated rings. The van der Waals surface area contributed by atoms with E-state index in [2.05, 4.69) is 4.90 Å². The van der Waals surface area contributed by atoms with Gasteiger partial charge in [0.05, 0.1) is 25.8 Å². The highest BCUT2D eigenvalue weighted by molar-refractivity contribution is 6.02. The number of hydrogen-bond acceptors (Lipinski definition) is 4. The SMILES string of the molecule is COc1ccc(C(=O)C(C)N2CCCCC2)c(OC)c1. The smallest absolute Gasteiger partial charge is 0.183 e. The number of nitrogens with zero attached hydrogens (tertiary/aromatic N) is 1. The summed E-state index contributed by atoms with van der Waals surface area (Å²) < 4.78 is 10.5. The highest BCUT2D eigenvalue weighted by atomic mass is 16.5. The van der Waals surface area contributed by atoms with Gasteiger partial charge in [-0.3, -0.25) is 9.69 Å². The lowest BCUT2D eigenvalue weighted by atomic mass is 10.0. The van der Waals surface area contributed by atoms with E-state index in [0.717, 1.165) is 13.1 Å². The van der Waals surface area contributed by atoms with Crippen molar-refractivity contribution in [1.29, 1.82) is 0 Å². The molecule has 0 spiro atoms. The summed E-state index contributed by atoms with van der Waals surface area (Å²) in [4.78, 5) is 14.9. The zero-order chi connectivity index (χ0) is 14.5. The Kier molecular flexibility index (Phi) is 5.01. The first-order valence-electron chi connectivity index (χ1n) is 7.17. The maximum Gasteiger partial charge on any atom is 0.183 e. The van der Waals surface area contributed by atoms with Crippen molar-refractivity contribution >= 4 is 5.78 Å². The van der Waals surface area contributed by atoms with Gasteiger partial charge in [0.15, 0.2) is 5.78 Å². The van der Waals surface area contributed by atoms with Gasteiger partial charge in [-0.25, -0.2) is 0 Å². The van der Waals surface area contributed by atoms with E-state index in [1.807, 2.05) is 6.92 Å².